The van der Waals surface area contributed by atoms with E-state index < -0.39 is 41.3 Å². The van der Waals surface area contributed by atoms with Crippen LogP contribution in [0.3, 0.4) is 0 Å². The van der Waals surface area contributed by atoms with E-state index in [1.165, 1.54) is 0 Å². The fraction of sp³-hybridized carbons (Fsp3) is 0.125. The normalized spacial score (nSPS) is 10.1. The summed E-state index contributed by atoms with van der Waals surface area (Å²) in [6.45, 7) is -0.658. The van der Waals surface area contributed by atoms with Gasteiger partial charge in [0.05, 0.1) is 12.1 Å². The lowest BCUT2D eigenvalue weighted by atomic mass is 10.2. The van der Waals surface area contributed by atoms with E-state index in [1.54, 1.807) is 0 Å². The molecule has 0 fully saturated rings. The second-order valence-electron chi connectivity index (χ2n) is 2.69. The van der Waals surface area contributed by atoms with Gasteiger partial charge in [-0.2, -0.15) is 0 Å². The Morgan fingerprint density at radius 2 is 1.53 bits per heavy atom. The molecule has 0 aliphatic heterocycles. The van der Waals surface area contributed by atoms with Crippen molar-refractivity contribution in [3.05, 3.63) is 34.9 Å². The van der Waals surface area contributed by atoms with Crippen molar-refractivity contribution in [3.8, 4) is 0 Å². The highest BCUT2D eigenvalue weighted by atomic mass is 19.2. The molecule has 0 heterocycles. The Hall–Kier alpha value is -1.79. The average Bonchev–Trinajstić information content (AvgIpc) is 2.14. The van der Waals surface area contributed by atoms with Crippen LogP contribution in [0.5, 0.6) is 0 Å². The first kappa shape index (κ1) is 11.3. The lowest BCUT2D eigenvalue weighted by molar-refractivity contribution is 0.439. The molecule has 4 N–H and O–H groups in total. The first-order valence-corrected chi connectivity index (χ1v) is 3.80. The van der Waals surface area contributed by atoms with Gasteiger partial charge >= 0.3 is 0 Å². The maximum absolute atomic E-state index is 13.0. The highest BCUT2D eigenvalue weighted by Crippen LogP contribution is 2.19. The monoisotopic (exact) mass is 221 g/mol. The quantitative estimate of drug-likeness (QED) is 0.339. The number of hydrogen-bond acceptors (Lipinski definition) is 1. The molecule has 1 rings (SSSR count). The molecule has 0 aliphatic rings. The molecular formula is C8H7F4N3. The van der Waals surface area contributed by atoms with Crippen LogP contribution in [0, 0.1) is 23.3 Å². The van der Waals surface area contributed by atoms with Crippen molar-refractivity contribution in [2.24, 2.45) is 16.5 Å². The number of nitrogens with two attached hydrogens (primary N) is 2. The molecule has 0 bridgehead atoms. The zero-order chi connectivity index (χ0) is 11.6. The van der Waals surface area contributed by atoms with Gasteiger partial charge in [-0.05, 0) is 0 Å². The van der Waals surface area contributed by atoms with Crippen LogP contribution < -0.4 is 11.5 Å². The fourth-order valence-electron chi connectivity index (χ4n) is 0.932. The van der Waals surface area contributed by atoms with Gasteiger partial charge < -0.3 is 11.5 Å². The van der Waals surface area contributed by atoms with Gasteiger partial charge in [0.2, 0.25) is 0 Å². The minimum atomic E-state index is -1.50. The van der Waals surface area contributed by atoms with E-state index in [0.29, 0.717) is 0 Å². The van der Waals surface area contributed by atoms with Crippen molar-refractivity contribution < 1.29 is 17.6 Å². The van der Waals surface area contributed by atoms with E-state index in [0.717, 1.165) is 0 Å². The van der Waals surface area contributed by atoms with Crippen LogP contribution in [0.1, 0.15) is 5.56 Å². The van der Waals surface area contributed by atoms with Crippen LogP contribution in [0.4, 0.5) is 17.6 Å². The van der Waals surface area contributed by atoms with Gasteiger partial charge in [0.1, 0.15) is 0 Å². The molecule has 15 heavy (non-hydrogen) atoms. The number of hydrogen-bond donors (Lipinski definition) is 2. The van der Waals surface area contributed by atoms with Gasteiger partial charge in [-0.25, -0.2) is 22.6 Å². The first-order valence-electron chi connectivity index (χ1n) is 3.80. The van der Waals surface area contributed by atoms with E-state index >= 15 is 0 Å². The number of aliphatic imine (C=N–C) groups is 1. The lowest BCUT2D eigenvalue weighted by Crippen LogP contribution is -2.23. The van der Waals surface area contributed by atoms with Crippen LogP contribution in [0.2, 0.25) is 0 Å². The van der Waals surface area contributed by atoms with E-state index in [4.69, 9.17) is 11.5 Å². The Labute approximate surface area is 82.4 Å². The second-order valence-corrected chi connectivity index (χ2v) is 2.69. The smallest absolute Gasteiger partial charge is 0.186 e. The van der Waals surface area contributed by atoms with Gasteiger partial charge in [0, 0.05) is 6.07 Å². The summed E-state index contributed by atoms with van der Waals surface area (Å²) < 4.78 is 51.2. The van der Waals surface area contributed by atoms with E-state index in [2.05, 4.69) is 4.99 Å². The molecule has 0 saturated heterocycles. The van der Waals surface area contributed by atoms with Crippen LogP contribution in [-0.4, -0.2) is 5.96 Å². The maximum Gasteiger partial charge on any atom is 0.186 e. The third kappa shape index (κ3) is 2.36. The van der Waals surface area contributed by atoms with Gasteiger partial charge in [0.25, 0.3) is 0 Å². The van der Waals surface area contributed by atoms with Crippen LogP contribution in [-0.2, 0) is 6.54 Å². The Balaban J connectivity index is 3.21. The molecule has 0 amide bonds. The molecule has 82 valence electrons. The predicted octanol–water partition coefficient (Wildman–Crippen LogP) is 1.02. The summed E-state index contributed by atoms with van der Waals surface area (Å²) in [5.74, 6) is -6.42. The first-order chi connectivity index (χ1) is 6.93. The Morgan fingerprint density at radius 3 is 1.93 bits per heavy atom. The summed E-state index contributed by atoms with van der Waals surface area (Å²) in [6.07, 6.45) is 0. The minimum Gasteiger partial charge on any atom is -0.370 e. The third-order valence-corrected chi connectivity index (χ3v) is 1.62. The molecule has 0 aromatic heterocycles. The molecule has 0 unspecified atom stereocenters. The molecule has 0 atom stereocenters. The van der Waals surface area contributed by atoms with Gasteiger partial charge in [-0.1, -0.05) is 0 Å². The lowest BCUT2D eigenvalue weighted by Gasteiger charge is -2.04. The Morgan fingerprint density at radius 1 is 1.07 bits per heavy atom. The number of rotatable bonds is 2. The SMILES string of the molecule is NC(N)=NCc1c(F)c(F)cc(F)c1F. The van der Waals surface area contributed by atoms with Gasteiger partial charge in [-0.15, -0.1) is 0 Å². The summed E-state index contributed by atoms with van der Waals surface area (Å²) in [7, 11) is 0. The highest BCUT2D eigenvalue weighted by Gasteiger charge is 2.18. The molecule has 1 aromatic carbocycles. The van der Waals surface area contributed by atoms with Crippen LogP contribution in [0.15, 0.2) is 11.1 Å². The van der Waals surface area contributed by atoms with Crippen LogP contribution >= 0.6 is 0 Å². The molecule has 7 heteroatoms. The summed E-state index contributed by atoms with van der Waals surface area (Å²) in [6, 6.07) is 0.115. The van der Waals surface area contributed by atoms with Crippen molar-refractivity contribution in [1.29, 1.82) is 0 Å². The Kier molecular flexibility index (Phi) is 3.13. The van der Waals surface area contributed by atoms with Crippen molar-refractivity contribution >= 4 is 5.96 Å². The van der Waals surface area contributed by atoms with Gasteiger partial charge in [0.15, 0.2) is 29.2 Å². The molecule has 0 saturated carbocycles. The molecule has 3 nitrogen and oxygen atoms in total. The van der Waals surface area contributed by atoms with Crippen molar-refractivity contribution in [2.75, 3.05) is 0 Å². The average molecular weight is 221 g/mol. The largest absolute Gasteiger partial charge is 0.370 e. The molecule has 0 spiro atoms. The summed E-state index contributed by atoms with van der Waals surface area (Å²) in [5, 5.41) is 0. The Bertz CT molecular complexity index is 387. The van der Waals surface area contributed by atoms with Crippen molar-refractivity contribution in [2.45, 2.75) is 6.54 Å². The number of benzene rings is 1. The number of nitrogens with zero attached hydrogens (tertiary/aromatic N) is 1. The van der Waals surface area contributed by atoms with E-state index in [1.807, 2.05) is 0 Å². The number of halogens is 4. The van der Waals surface area contributed by atoms with Crippen molar-refractivity contribution in [3.63, 3.8) is 0 Å². The zero-order valence-electron chi connectivity index (χ0n) is 7.40. The highest BCUT2D eigenvalue weighted by molar-refractivity contribution is 5.75. The maximum atomic E-state index is 13.0. The molecule has 0 aliphatic carbocycles. The van der Waals surface area contributed by atoms with E-state index in [9.17, 15) is 17.6 Å². The minimum absolute atomic E-state index is 0.115. The van der Waals surface area contributed by atoms with Crippen molar-refractivity contribution in [1.82, 2.24) is 0 Å². The second kappa shape index (κ2) is 4.16. The zero-order valence-corrected chi connectivity index (χ0v) is 7.40. The summed E-state index contributed by atoms with van der Waals surface area (Å²) >= 11 is 0. The van der Waals surface area contributed by atoms with Gasteiger partial charge in [-0.3, -0.25) is 0 Å². The summed E-state index contributed by atoms with van der Waals surface area (Å²) in [4.78, 5) is 3.26. The summed E-state index contributed by atoms with van der Waals surface area (Å²) in [5.41, 5.74) is 8.98. The molecule has 0 radical (unpaired) electrons. The topological polar surface area (TPSA) is 64.4 Å². The van der Waals surface area contributed by atoms with E-state index in [-0.39, 0.29) is 6.07 Å². The third-order valence-electron chi connectivity index (χ3n) is 1.62. The standard InChI is InChI=1S/C8H7F4N3/c9-4-1-5(10)7(12)3(6(4)11)2-15-8(13)14/h1H,2H2,(H4,13,14,15). The molecule has 1 aromatic rings. The fourth-order valence-corrected chi connectivity index (χ4v) is 0.932. The molecular weight excluding hydrogens is 214 g/mol. The van der Waals surface area contributed by atoms with Crippen LogP contribution in [0.25, 0.3) is 0 Å². The number of guanidine groups is 1. The predicted molar refractivity (Wildman–Crippen MR) is 45.8 cm³/mol.